The van der Waals surface area contributed by atoms with Crippen molar-refractivity contribution < 1.29 is 17.6 Å². The minimum atomic E-state index is -3.25. The van der Waals surface area contributed by atoms with E-state index < -0.39 is 9.84 Å². The van der Waals surface area contributed by atoms with E-state index in [0.29, 0.717) is 16.6 Å². The maximum Gasteiger partial charge on any atom is 0.268 e. The van der Waals surface area contributed by atoms with Gasteiger partial charge in [-0.1, -0.05) is 12.1 Å². The number of amides is 1. The zero-order chi connectivity index (χ0) is 18.2. The second kappa shape index (κ2) is 6.33. The van der Waals surface area contributed by atoms with Crippen LogP contribution in [0.3, 0.4) is 0 Å². The average Bonchev–Trinajstić information content (AvgIpc) is 2.97. The molecule has 2 N–H and O–H groups in total. The van der Waals surface area contributed by atoms with E-state index in [9.17, 15) is 17.6 Å². The number of fused-ring (bicyclic) bond motifs is 1. The zero-order valence-electron chi connectivity index (χ0n) is 13.7. The van der Waals surface area contributed by atoms with E-state index in [1.165, 1.54) is 24.3 Å². The second-order valence-electron chi connectivity index (χ2n) is 5.95. The quantitative estimate of drug-likeness (QED) is 0.750. The first kappa shape index (κ1) is 17.2. The zero-order valence-corrected chi connectivity index (χ0v) is 14.5. The highest BCUT2D eigenvalue weighted by Crippen LogP contribution is 2.19. The van der Waals surface area contributed by atoms with E-state index in [4.69, 9.17) is 0 Å². The number of aromatic amines is 1. The normalized spacial score (nSPS) is 12.9. The van der Waals surface area contributed by atoms with Gasteiger partial charge in [-0.05, 0) is 48.9 Å². The summed E-state index contributed by atoms with van der Waals surface area (Å²) >= 11 is 0. The van der Waals surface area contributed by atoms with Crippen LogP contribution in [0.25, 0.3) is 10.9 Å². The highest BCUT2D eigenvalue weighted by Gasteiger charge is 2.15. The van der Waals surface area contributed by atoms with E-state index in [0.717, 1.165) is 11.8 Å². The molecule has 0 aliphatic carbocycles. The number of hydrogen-bond acceptors (Lipinski definition) is 3. The van der Waals surface area contributed by atoms with E-state index in [-0.39, 0.29) is 22.7 Å². The Kier molecular flexibility index (Phi) is 4.34. The Morgan fingerprint density at radius 3 is 2.44 bits per heavy atom. The Hall–Kier alpha value is -2.67. The third-order valence-corrected chi connectivity index (χ3v) is 5.11. The summed E-state index contributed by atoms with van der Waals surface area (Å²) < 4.78 is 36.2. The van der Waals surface area contributed by atoms with Gasteiger partial charge in [0, 0.05) is 17.2 Å². The Bertz CT molecular complexity index is 1040. The van der Waals surface area contributed by atoms with Gasteiger partial charge in [0.2, 0.25) is 0 Å². The lowest BCUT2D eigenvalue weighted by Crippen LogP contribution is -2.26. The van der Waals surface area contributed by atoms with Crippen LogP contribution in [0.1, 0.15) is 29.0 Å². The standard InChI is InChI=1S/C18H17FN2O3S/c1-11(12-3-6-15(7-4-12)25(2,23)24)20-18(22)17-10-13-9-14(19)5-8-16(13)21-17/h3-11,21H,1-2H3,(H,20,22). The highest BCUT2D eigenvalue weighted by atomic mass is 32.2. The van der Waals surface area contributed by atoms with Crippen molar-refractivity contribution in [3.63, 3.8) is 0 Å². The molecule has 1 unspecified atom stereocenters. The molecule has 0 spiro atoms. The molecular formula is C18H17FN2O3S. The Balaban J connectivity index is 1.77. The average molecular weight is 360 g/mol. The molecule has 0 aliphatic heterocycles. The van der Waals surface area contributed by atoms with Crippen molar-refractivity contribution in [1.29, 1.82) is 0 Å². The van der Waals surface area contributed by atoms with Crippen LogP contribution in [0, 0.1) is 5.82 Å². The number of halogens is 1. The Labute approximate surface area is 144 Å². The van der Waals surface area contributed by atoms with Gasteiger partial charge in [-0.25, -0.2) is 12.8 Å². The highest BCUT2D eigenvalue weighted by molar-refractivity contribution is 7.90. The Morgan fingerprint density at radius 1 is 1.12 bits per heavy atom. The van der Waals surface area contributed by atoms with Crippen LogP contribution in [-0.2, 0) is 9.84 Å². The lowest BCUT2D eigenvalue weighted by molar-refractivity contribution is 0.0935. The molecule has 1 atom stereocenters. The number of carbonyl (C=O) groups excluding carboxylic acids is 1. The SMILES string of the molecule is CC(NC(=O)c1cc2cc(F)ccc2[nH]1)c1ccc(S(C)(=O)=O)cc1. The van der Waals surface area contributed by atoms with Gasteiger partial charge in [0.05, 0.1) is 10.9 Å². The molecule has 7 heteroatoms. The maximum atomic E-state index is 13.2. The molecule has 3 rings (SSSR count). The summed E-state index contributed by atoms with van der Waals surface area (Å²) in [6.07, 6.45) is 1.14. The van der Waals surface area contributed by atoms with Crippen LogP contribution in [0.15, 0.2) is 53.4 Å². The van der Waals surface area contributed by atoms with Gasteiger partial charge in [-0.3, -0.25) is 4.79 Å². The summed E-state index contributed by atoms with van der Waals surface area (Å²) in [4.78, 5) is 15.6. The maximum absolute atomic E-state index is 13.2. The van der Waals surface area contributed by atoms with Crippen LogP contribution in [-0.4, -0.2) is 25.6 Å². The molecule has 0 aliphatic rings. The molecule has 1 heterocycles. The lowest BCUT2D eigenvalue weighted by atomic mass is 10.1. The van der Waals surface area contributed by atoms with Gasteiger partial charge in [-0.15, -0.1) is 0 Å². The molecule has 1 aromatic heterocycles. The molecule has 0 bridgehead atoms. The van der Waals surface area contributed by atoms with E-state index in [1.54, 1.807) is 31.2 Å². The van der Waals surface area contributed by atoms with Crippen molar-refractivity contribution in [1.82, 2.24) is 10.3 Å². The summed E-state index contributed by atoms with van der Waals surface area (Å²) in [5.74, 6) is -0.686. The van der Waals surface area contributed by atoms with Crippen LogP contribution < -0.4 is 5.32 Å². The number of rotatable bonds is 4. The number of nitrogens with one attached hydrogen (secondary N) is 2. The topological polar surface area (TPSA) is 79.0 Å². The summed E-state index contributed by atoms with van der Waals surface area (Å²) in [5.41, 5.74) is 1.79. The molecule has 2 aromatic carbocycles. The number of H-pyrrole nitrogens is 1. The van der Waals surface area contributed by atoms with Crippen LogP contribution in [0.2, 0.25) is 0 Å². The molecule has 0 saturated heterocycles. The first-order valence-electron chi connectivity index (χ1n) is 7.63. The van der Waals surface area contributed by atoms with Crippen LogP contribution >= 0.6 is 0 Å². The van der Waals surface area contributed by atoms with Gasteiger partial charge in [-0.2, -0.15) is 0 Å². The van der Waals surface area contributed by atoms with E-state index in [1.807, 2.05) is 0 Å². The van der Waals surface area contributed by atoms with Gasteiger partial charge >= 0.3 is 0 Å². The van der Waals surface area contributed by atoms with Crippen molar-refractivity contribution >= 4 is 26.6 Å². The summed E-state index contributed by atoms with van der Waals surface area (Å²) in [7, 11) is -3.25. The van der Waals surface area contributed by atoms with Crippen molar-refractivity contribution in [3.8, 4) is 0 Å². The van der Waals surface area contributed by atoms with Gasteiger partial charge in [0.25, 0.3) is 5.91 Å². The number of aromatic nitrogens is 1. The third kappa shape index (κ3) is 3.71. The summed E-state index contributed by atoms with van der Waals surface area (Å²) in [6.45, 7) is 1.80. The monoisotopic (exact) mass is 360 g/mol. The minimum absolute atomic E-state index is 0.229. The van der Waals surface area contributed by atoms with Gasteiger partial charge in [0.1, 0.15) is 11.5 Å². The molecule has 3 aromatic rings. The number of benzene rings is 2. The molecule has 0 fully saturated rings. The lowest BCUT2D eigenvalue weighted by Gasteiger charge is -2.14. The smallest absolute Gasteiger partial charge is 0.268 e. The van der Waals surface area contributed by atoms with E-state index >= 15 is 0 Å². The van der Waals surface area contributed by atoms with Crippen molar-refractivity contribution in [2.45, 2.75) is 17.9 Å². The molecular weight excluding hydrogens is 343 g/mol. The largest absolute Gasteiger partial charge is 0.351 e. The van der Waals surface area contributed by atoms with Crippen LogP contribution in [0.5, 0.6) is 0 Å². The van der Waals surface area contributed by atoms with E-state index in [2.05, 4.69) is 10.3 Å². The summed E-state index contributed by atoms with van der Waals surface area (Å²) in [5, 5.41) is 3.45. The molecule has 5 nitrogen and oxygen atoms in total. The third-order valence-electron chi connectivity index (χ3n) is 3.98. The minimum Gasteiger partial charge on any atom is -0.351 e. The Morgan fingerprint density at radius 2 is 1.80 bits per heavy atom. The van der Waals surface area contributed by atoms with Gasteiger partial charge in [0.15, 0.2) is 9.84 Å². The van der Waals surface area contributed by atoms with Crippen molar-refractivity contribution in [3.05, 3.63) is 65.6 Å². The van der Waals surface area contributed by atoms with Crippen molar-refractivity contribution in [2.24, 2.45) is 0 Å². The molecule has 25 heavy (non-hydrogen) atoms. The fraction of sp³-hybridized carbons (Fsp3) is 0.167. The van der Waals surface area contributed by atoms with Gasteiger partial charge < -0.3 is 10.3 Å². The molecule has 1 amide bonds. The predicted octanol–water partition coefficient (Wildman–Crippen LogP) is 3.20. The number of hydrogen-bond donors (Lipinski definition) is 2. The molecule has 130 valence electrons. The molecule has 0 saturated carbocycles. The second-order valence-corrected chi connectivity index (χ2v) is 7.97. The van der Waals surface area contributed by atoms with Crippen LogP contribution in [0.4, 0.5) is 4.39 Å². The fourth-order valence-corrected chi connectivity index (χ4v) is 3.22. The fourth-order valence-electron chi connectivity index (χ4n) is 2.59. The first-order chi connectivity index (χ1) is 11.7. The predicted molar refractivity (Wildman–Crippen MR) is 93.7 cm³/mol. The first-order valence-corrected chi connectivity index (χ1v) is 9.52. The van der Waals surface area contributed by atoms with Crippen molar-refractivity contribution in [2.75, 3.05) is 6.26 Å². The summed E-state index contributed by atoms with van der Waals surface area (Å²) in [6, 6.07) is 11.9. The molecule has 0 radical (unpaired) electrons. The number of sulfone groups is 1. The number of carbonyl (C=O) groups is 1.